The Morgan fingerprint density at radius 3 is 2.61 bits per heavy atom. The van der Waals surface area contributed by atoms with Crippen LogP contribution in [0.15, 0.2) is 35.1 Å². The molecule has 4 rings (SSSR count). The molecule has 1 saturated heterocycles. The van der Waals surface area contributed by atoms with Crippen LogP contribution >= 0.6 is 0 Å². The number of likely N-dealkylation sites (N-methyl/N-ethyl adjacent to an activating group) is 1. The number of ether oxygens (including phenoxy) is 1. The van der Waals surface area contributed by atoms with E-state index in [-0.39, 0.29) is 11.7 Å². The van der Waals surface area contributed by atoms with Crippen LogP contribution in [0.3, 0.4) is 0 Å². The Bertz CT molecular complexity index is 1070. The number of fused-ring (bicyclic) bond motifs is 1. The van der Waals surface area contributed by atoms with E-state index in [4.69, 9.17) is 4.74 Å². The number of rotatable bonds is 2. The van der Waals surface area contributed by atoms with Crippen LogP contribution in [0, 0.1) is 6.92 Å². The van der Waals surface area contributed by atoms with Crippen molar-refractivity contribution in [3.05, 3.63) is 57.6 Å². The van der Waals surface area contributed by atoms with Gasteiger partial charge < -0.3 is 9.64 Å². The zero-order valence-corrected chi connectivity index (χ0v) is 15.4. The molecule has 148 valence electrons. The third-order valence-corrected chi connectivity index (χ3v) is 4.92. The summed E-state index contributed by atoms with van der Waals surface area (Å²) in [6.07, 6.45) is -4.73. The van der Waals surface area contributed by atoms with Gasteiger partial charge in [0, 0.05) is 30.4 Å². The number of nitrogens with one attached hydrogen (secondary N) is 1. The molecule has 3 heterocycles. The van der Waals surface area contributed by atoms with Crippen LogP contribution in [-0.4, -0.2) is 46.2 Å². The van der Waals surface area contributed by atoms with Gasteiger partial charge in [0.25, 0.3) is 5.56 Å². The van der Waals surface area contributed by atoms with Gasteiger partial charge in [-0.1, -0.05) is 12.1 Å². The number of hydrogen-bond acceptors (Lipinski definition) is 4. The standard InChI is InChI=1S/C19H19F3N4O2/c1-11-17(12-3-5-13(6-4-12)19(20,21)22)18-23-14(9-16(27)26(18)24-11)15-10-25(2)7-8-28-15/h3-6,9,15,24H,7-8,10H2,1-2H3. The Labute approximate surface area is 158 Å². The maximum absolute atomic E-state index is 12.9. The Balaban J connectivity index is 1.82. The number of halogens is 3. The number of aromatic amines is 1. The van der Waals surface area contributed by atoms with E-state index in [1.807, 2.05) is 7.05 Å². The molecule has 1 aliphatic rings. The smallest absolute Gasteiger partial charge is 0.369 e. The van der Waals surface area contributed by atoms with Crippen LogP contribution in [-0.2, 0) is 10.9 Å². The first-order chi connectivity index (χ1) is 13.2. The number of benzene rings is 1. The van der Waals surface area contributed by atoms with Crippen LogP contribution < -0.4 is 5.56 Å². The van der Waals surface area contributed by atoms with Crippen molar-refractivity contribution in [3.8, 4) is 11.1 Å². The number of aromatic nitrogens is 3. The number of hydrogen-bond donors (Lipinski definition) is 1. The van der Waals surface area contributed by atoms with E-state index in [9.17, 15) is 18.0 Å². The van der Waals surface area contributed by atoms with Gasteiger partial charge >= 0.3 is 6.18 Å². The molecule has 0 spiro atoms. The summed E-state index contributed by atoms with van der Waals surface area (Å²) in [4.78, 5) is 19.3. The van der Waals surface area contributed by atoms with Crippen molar-refractivity contribution in [3.63, 3.8) is 0 Å². The third-order valence-electron chi connectivity index (χ3n) is 4.92. The number of morpholine rings is 1. The molecule has 1 aliphatic heterocycles. The summed E-state index contributed by atoms with van der Waals surface area (Å²) >= 11 is 0. The molecule has 0 radical (unpaired) electrons. The molecule has 0 aliphatic carbocycles. The Hall–Kier alpha value is -2.65. The molecule has 1 fully saturated rings. The number of aryl methyl sites for hydroxylation is 1. The summed E-state index contributed by atoms with van der Waals surface area (Å²) in [6, 6.07) is 6.27. The second-order valence-electron chi connectivity index (χ2n) is 6.99. The Morgan fingerprint density at radius 1 is 1.25 bits per heavy atom. The average molecular weight is 392 g/mol. The van der Waals surface area contributed by atoms with Crippen LogP contribution in [0.4, 0.5) is 13.2 Å². The van der Waals surface area contributed by atoms with E-state index >= 15 is 0 Å². The summed E-state index contributed by atoms with van der Waals surface area (Å²) in [7, 11) is 1.97. The lowest BCUT2D eigenvalue weighted by atomic mass is 10.0. The van der Waals surface area contributed by atoms with E-state index in [2.05, 4.69) is 15.0 Å². The summed E-state index contributed by atoms with van der Waals surface area (Å²) in [5.41, 5.74) is 1.66. The highest BCUT2D eigenvalue weighted by Gasteiger charge is 2.30. The largest absolute Gasteiger partial charge is 0.416 e. The molecule has 3 aromatic rings. The summed E-state index contributed by atoms with van der Waals surface area (Å²) in [6.45, 7) is 3.71. The monoisotopic (exact) mass is 392 g/mol. The van der Waals surface area contributed by atoms with Crippen molar-refractivity contribution in [2.75, 3.05) is 26.7 Å². The SMILES string of the molecule is Cc1[nH]n2c(=O)cc(C3CN(C)CCO3)nc2c1-c1ccc(C(F)(F)F)cc1. The Morgan fingerprint density at radius 2 is 1.96 bits per heavy atom. The summed E-state index contributed by atoms with van der Waals surface area (Å²) in [5.74, 6) is 0. The zero-order valence-electron chi connectivity index (χ0n) is 15.4. The quantitative estimate of drug-likeness (QED) is 0.728. The first-order valence-corrected chi connectivity index (χ1v) is 8.84. The molecule has 0 bridgehead atoms. The minimum Gasteiger partial charge on any atom is -0.369 e. The van der Waals surface area contributed by atoms with Gasteiger partial charge in [0.1, 0.15) is 6.10 Å². The van der Waals surface area contributed by atoms with E-state index in [1.54, 1.807) is 6.92 Å². The summed E-state index contributed by atoms with van der Waals surface area (Å²) in [5, 5.41) is 2.95. The van der Waals surface area contributed by atoms with Crippen molar-refractivity contribution in [1.29, 1.82) is 0 Å². The van der Waals surface area contributed by atoms with E-state index in [0.717, 1.165) is 18.7 Å². The zero-order chi connectivity index (χ0) is 20.1. The van der Waals surface area contributed by atoms with Gasteiger partial charge in [-0.3, -0.25) is 9.89 Å². The first kappa shape index (κ1) is 18.7. The fourth-order valence-electron chi connectivity index (χ4n) is 3.46. The van der Waals surface area contributed by atoms with Crippen molar-refractivity contribution in [2.24, 2.45) is 0 Å². The second-order valence-corrected chi connectivity index (χ2v) is 6.99. The fourth-order valence-corrected chi connectivity index (χ4v) is 3.46. The van der Waals surface area contributed by atoms with Gasteiger partial charge in [0.05, 0.1) is 17.9 Å². The van der Waals surface area contributed by atoms with Crippen molar-refractivity contribution >= 4 is 5.65 Å². The molecule has 0 saturated carbocycles. The van der Waals surface area contributed by atoms with E-state index in [0.29, 0.717) is 41.3 Å². The van der Waals surface area contributed by atoms with Gasteiger partial charge in [-0.05, 0) is 31.7 Å². The van der Waals surface area contributed by atoms with Gasteiger partial charge in [-0.25, -0.2) is 9.50 Å². The van der Waals surface area contributed by atoms with Crippen molar-refractivity contribution in [1.82, 2.24) is 19.5 Å². The van der Waals surface area contributed by atoms with Crippen molar-refractivity contribution in [2.45, 2.75) is 19.2 Å². The highest BCUT2D eigenvalue weighted by molar-refractivity contribution is 5.79. The normalized spacial score (nSPS) is 18.7. The third kappa shape index (κ3) is 3.31. The Kier molecular flexibility index (Phi) is 4.51. The second kappa shape index (κ2) is 6.75. The van der Waals surface area contributed by atoms with Gasteiger partial charge in [-0.2, -0.15) is 13.2 Å². The van der Waals surface area contributed by atoms with Crippen LogP contribution in [0.2, 0.25) is 0 Å². The maximum atomic E-state index is 12.9. The molecule has 1 N–H and O–H groups in total. The molecule has 0 amide bonds. The molecular weight excluding hydrogens is 373 g/mol. The van der Waals surface area contributed by atoms with Gasteiger partial charge in [0.15, 0.2) is 5.65 Å². The van der Waals surface area contributed by atoms with Crippen LogP contribution in [0.1, 0.15) is 23.1 Å². The minimum absolute atomic E-state index is 0.293. The van der Waals surface area contributed by atoms with Gasteiger partial charge in [0.2, 0.25) is 0 Å². The fraction of sp³-hybridized carbons (Fsp3) is 0.368. The van der Waals surface area contributed by atoms with Crippen LogP contribution in [0.5, 0.6) is 0 Å². The predicted octanol–water partition coefficient (Wildman–Crippen LogP) is 3.02. The maximum Gasteiger partial charge on any atom is 0.416 e. The minimum atomic E-state index is -4.40. The van der Waals surface area contributed by atoms with E-state index in [1.165, 1.54) is 22.7 Å². The molecule has 1 unspecified atom stereocenters. The van der Waals surface area contributed by atoms with Gasteiger partial charge in [-0.15, -0.1) is 0 Å². The highest BCUT2D eigenvalue weighted by atomic mass is 19.4. The lowest BCUT2D eigenvalue weighted by Gasteiger charge is -2.29. The number of alkyl halides is 3. The first-order valence-electron chi connectivity index (χ1n) is 8.84. The molecule has 28 heavy (non-hydrogen) atoms. The molecular formula is C19H19F3N4O2. The lowest BCUT2D eigenvalue weighted by Crippen LogP contribution is -2.36. The highest BCUT2D eigenvalue weighted by Crippen LogP contribution is 2.33. The number of H-pyrrole nitrogens is 1. The summed E-state index contributed by atoms with van der Waals surface area (Å²) < 4.78 is 45.6. The molecule has 6 nitrogen and oxygen atoms in total. The average Bonchev–Trinajstić information content (AvgIpc) is 2.97. The molecule has 1 aromatic carbocycles. The topological polar surface area (TPSA) is 62.6 Å². The molecule has 2 aromatic heterocycles. The lowest BCUT2D eigenvalue weighted by molar-refractivity contribution is -0.137. The van der Waals surface area contributed by atoms with Crippen molar-refractivity contribution < 1.29 is 17.9 Å². The predicted molar refractivity (Wildman–Crippen MR) is 97.2 cm³/mol. The number of nitrogens with zero attached hydrogens (tertiary/aromatic N) is 3. The van der Waals surface area contributed by atoms with Crippen LogP contribution in [0.25, 0.3) is 16.8 Å². The van der Waals surface area contributed by atoms with E-state index < -0.39 is 11.7 Å². The molecule has 9 heteroatoms. The molecule has 1 atom stereocenters.